The zero-order valence-electron chi connectivity index (χ0n) is 12.9. The summed E-state index contributed by atoms with van der Waals surface area (Å²) in [6, 6.07) is 7.61. The van der Waals surface area contributed by atoms with Crippen molar-refractivity contribution in [2.75, 3.05) is 20.2 Å². The molecule has 1 heterocycles. The van der Waals surface area contributed by atoms with Crippen molar-refractivity contribution < 1.29 is 9.90 Å². The van der Waals surface area contributed by atoms with Gasteiger partial charge in [0.25, 0.3) is 5.91 Å². The van der Waals surface area contributed by atoms with Gasteiger partial charge in [0.1, 0.15) is 5.01 Å². The lowest BCUT2D eigenvalue weighted by Gasteiger charge is -2.22. The minimum atomic E-state index is -0.0611. The second kappa shape index (κ2) is 5.82. The fourth-order valence-corrected chi connectivity index (χ4v) is 3.40. The number of hydrogen-bond acceptors (Lipinski definition) is 4. The molecule has 0 unspecified atom stereocenters. The number of carbonyl (C=O) groups is 1. The second-order valence-electron chi connectivity index (χ2n) is 6.19. The fraction of sp³-hybridized carbons (Fsp3) is 0.412. The summed E-state index contributed by atoms with van der Waals surface area (Å²) in [6.45, 7) is 2.73. The average Bonchev–Trinajstić information content (AvgIpc) is 3.17. The summed E-state index contributed by atoms with van der Waals surface area (Å²) in [4.78, 5) is 18.8. The maximum atomic E-state index is 12.6. The lowest BCUT2D eigenvalue weighted by atomic mass is 10.1. The maximum Gasteiger partial charge on any atom is 0.253 e. The van der Waals surface area contributed by atoms with E-state index in [1.165, 1.54) is 0 Å². The van der Waals surface area contributed by atoms with Crippen LogP contribution in [-0.4, -0.2) is 41.1 Å². The Morgan fingerprint density at radius 1 is 1.45 bits per heavy atom. The predicted molar refractivity (Wildman–Crippen MR) is 88.0 cm³/mol. The molecule has 0 aliphatic heterocycles. The number of aromatic nitrogens is 1. The molecule has 1 fully saturated rings. The zero-order chi connectivity index (χ0) is 15.7. The standard InChI is InChI=1S/C17H20N2O2S/c1-12-9-22-15(18-12)13-4-3-5-14(8-13)16(21)19(2)10-17(11-20)6-7-17/h3-5,8-9,20H,6-7,10-11H2,1-2H3. The van der Waals surface area contributed by atoms with Crippen molar-refractivity contribution in [3.8, 4) is 10.6 Å². The highest BCUT2D eigenvalue weighted by molar-refractivity contribution is 7.13. The molecule has 1 amide bonds. The second-order valence-corrected chi connectivity index (χ2v) is 7.05. The van der Waals surface area contributed by atoms with Gasteiger partial charge in [-0.05, 0) is 31.9 Å². The molecule has 0 atom stereocenters. The van der Waals surface area contributed by atoms with E-state index in [9.17, 15) is 9.90 Å². The van der Waals surface area contributed by atoms with E-state index in [4.69, 9.17) is 0 Å². The Hall–Kier alpha value is -1.72. The number of aliphatic hydroxyl groups is 1. The van der Waals surface area contributed by atoms with E-state index in [0.717, 1.165) is 29.1 Å². The molecule has 0 saturated heterocycles. The third-order valence-corrected chi connectivity index (χ3v) is 5.20. The number of rotatable bonds is 5. The van der Waals surface area contributed by atoms with Crippen LogP contribution in [0.3, 0.4) is 0 Å². The normalized spacial score (nSPS) is 15.6. The van der Waals surface area contributed by atoms with Gasteiger partial charge in [-0.3, -0.25) is 4.79 Å². The van der Waals surface area contributed by atoms with Gasteiger partial charge in [0.2, 0.25) is 0 Å². The minimum Gasteiger partial charge on any atom is -0.396 e. The number of carbonyl (C=O) groups excluding carboxylic acids is 1. The molecule has 3 rings (SSSR count). The Balaban J connectivity index is 1.78. The van der Waals surface area contributed by atoms with Gasteiger partial charge in [0, 0.05) is 41.2 Å². The number of thiazole rings is 1. The lowest BCUT2D eigenvalue weighted by molar-refractivity contribution is 0.0733. The van der Waals surface area contributed by atoms with E-state index in [1.54, 1.807) is 23.3 Å². The SMILES string of the molecule is Cc1csc(-c2cccc(C(=O)N(C)CC3(CO)CC3)c2)n1. The van der Waals surface area contributed by atoms with Crippen LogP contribution in [0.4, 0.5) is 0 Å². The van der Waals surface area contributed by atoms with Crippen LogP contribution in [-0.2, 0) is 0 Å². The van der Waals surface area contributed by atoms with Crippen molar-refractivity contribution >= 4 is 17.2 Å². The lowest BCUT2D eigenvalue weighted by Crippen LogP contribution is -2.34. The highest BCUT2D eigenvalue weighted by Gasteiger charge is 2.43. The van der Waals surface area contributed by atoms with Gasteiger partial charge in [0.05, 0.1) is 6.61 Å². The van der Waals surface area contributed by atoms with Crippen molar-refractivity contribution in [2.45, 2.75) is 19.8 Å². The van der Waals surface area contributed by atoms with Gasteiger partial charge in [0.15, 0.2) is 0 Å². The van der Waals surface area contributed by atoms with Gasteiger partial charge in [-0.15, -0.1) is 11.3 Å². The molecule has 0 radical (unpaired) electrons. The molecule has 1 aliphatic carbocycles. The molecule has 1 aromatic heterocycles. The van der Waals surface area contributed by atoms with Gasteiger partial charge in [-0.1, -0.05) is 12.1 Å². The largest absolute Gasteiger partial charge is 0.396 e. The Morgan fingerprint density at radius 3 is 2.82 bits per heavy atom. The first-order valence-corrected chi connectivity index (χ1v) is 8.30. The number of amides is 1. The highest BCUT2D eigenvalue weighted by atomic mass is 32.1. The molecule has 4 nitrogen and oxygen atoms in total. The average molecular weight is 316 g/mol. The van der Waals surface area contributed by atoms with Crippen LogP contribution < -0.4 is 0 Å². The highest BCUT2D eigenvalue weighted by Crippen LogP contribution is 2.45. The first-order chi connectivity index (χ1) is 10.5. The van der Waals surface area contributed by atoms with E-state index in [0.29, 0.717) is 12.1 Å². The van der Waals surface area contributed by atoms with Gasteiger partial charge < -0.3 is 10.0 Å². The number of nitrogens with zero attached hydrogens (tertiary/aromatic N) is 2. The smallest absolute Gasteiger partial charge is 0.253 e. The Labute approximate surface area is 134 Å². The molecule has 0 spiro atoms. The van der Waals surface area contributed by atoms with Crippen LogP contribution >= 0.6 is 11.3 Å². The van der Waals surface area contributed by atoms with Crippen LogP contribution in [0.2, 0.25) is 0 Å². The summed E-state index contributed by atoms with van der Waals surface area (Å²) in [7, 11) is 1.80. The monoisotopic (exact) mass is 316 g/mol. The van der Waals surface area contributed by atoms with E-state index in [1.807, 2.05) is 36.6 Å². The van der Waals surface area contributed by atoms with Crippen molar-refractivity contribution in [3.05, 3.63) is 40.9 Å². The molecular formula is C17H20N2O2S. The molecule has 1 aromatic carbocycles. The van der Waals surface area contributed by atoms with Crippen LogP contribution in [0.1, 0.15) is 28.9 Å². The summed E-state index contributed by atoms with van der Waals surface area (Å²) in [5, 5.41) is 12.4. The summed E-state index contributed by atoms with van der Waals surface area (Å²) >= 11 is 1.59. The summed E-state index contributed by atoms with van der Waals surface area (Å²) in [5.41, 5.74) is 2.57. The fourth-order valence-electron chi connectivity index (χ4n) is 2.61. The number of aryl methyl sites for hydroxylation is 1. The van der Waals surface area contributed by atoms with Gasteiger partial charge in [-0.2, -0.15) is 0 Å². The van der Waals surface area contributed by atoms with Crippen LogP contribution in [0.25, 0.3) is 10.6 Å². The summed E-state index contributed by atoms with van der Waals surface area (Å²) in [6.07, 6.45) is 2.00. The van der Waals surface area contributed by atoms with Crippen molar-refractivity contribution in [2.24, 2.45) is 5.41 Å². The maximum absolute atomic E-state index is 12.6. The molecule has 1 saturated carbocycles. The Bertz CT molecular complexity index is 691. The van der Waals surface area contributed by atoms with E-state index in [-0.39, 0.29) is 17.9 Å². The predicted octanol–water partition coefficient (Wildman–Crippen LogP) is 2.96. The van der Waals surface area contributed by atoms with Crippen LogP contribution in [0.15, 0.2) is 29.6 Å². The van der Waals surface area contributed by atoms with Crippen molar-refractivity contribution in [3.63, 3.8) is 0 Å². The topological polar surface area (TPSA) is 53.4 Å². The van der Waals surface area contributed by atoms with Crippen molar-refractivity contribution in [1.29, 1.82) is 0 Å². The quantitative estimate of drug-likeness (QED) is 0.922. The third kappa shape index (κ3) is 3.05. The molecule has 5 heteroatoms. The molecule has 2 aromatic rings. The third-order valence-electron chi connectivity index (χ3n) is 4.19. The summed E-state index contributed by atoms with van der Waals surface area (Å²) < 4.78 is 0. The molecule has 1 N–H and O–H groups in total. The van der Waals surface area contributed by atoms with Crippen LogP contribution in [0.5, 0.6) is 0 Å². The zero-order valence-corrected chi connectivity index (χ0v) is 13.7. The first kappa shape index (κ1) is 15.2. The van der Waals surface area contributed by atoms with Gasteiger partial charge in [-0.25, -0.2) is 4.98 Å². The van der Waals surface area contributed by atoms with Crippen LogP contribution in [0, 0.1) is 12.3 Å². The molecule has 22 heavy (non-hydrogen) atoms. The molecular weight excluding hydrogens is 296 g/mol. The van der Waals surface area contributed by atoms with E-state index < -0.39 is 0 Å². The molecule has 1 aliphatic rings. The number of benzene rings is 1. The van der Waals surface area contributed by atoms with Gasteiger partial charge >= 0.3 is 0 Å². The van der Waals surface area contributed by atoms with Crippen molar-refractivity contribution in [1.82, 2.24) is 9.88 Å². The Morgan fingerprint density at radius 2 is 2.23 bits per heavy atom. The van der Waals surface area contributed by atoms with E-state index in [2.05, 4.69) is 4.98 Å². The first-order valence-electron chi connectivity index (χ1n) is 7.42. The minimum absolute atomic E-state index is 0.00477. The van der Waals surface area contributed by atoms with E-state index >= 15 is 0 Å². The summed E-state index contributed by atoms with van der Waals surface area (Å²) in [5.74, 6) is -0.00477. The number of aliphatic hydroxyl groups excluding tert-OH is 1. The Kier molecular flexibility index (Phi) is 4.02. The molecule has 116 valence electrons. The molecule has 0 bridgehead atoms. The number of hydrogen-bond donors (Lipinski definition) is 1.